The Hall–Kier alpha value is -0.350. The van der Waals surface area contributed by atoms with E-state index in [1.165, 1.54) is 12.1 Å². The molecule has 0 bridgehead atoms. The highest BCUT2D eigenvalue weighted by molar-refractivity contribution is 9.10. The molecule has 6 nitrogen and oxygen atoms in total. The predicted molar refractivity (Wildman–Crippen MR) is 78.2 cm³/mol. The summed E-state index contributed by atoms with van der Waals surface area (Å²) in [6.07, 6.45) is -0.335. The number of ether oxygens (including phenoxy) is 1. The lowest BCUT2D eigenvalue weighted by atomic mass is 10.3. The van der Waals surface area contributed by atoms with Gasteiger partial charge in [0.25, 0.3) is 0 Å². The molecule has 20 heavy (non-hydrogen) atoms. The highest BCUT2D eigenvalue weighted by Crippen LogP contribution is 2.36. The highest BCUT2D eigenvalue weighted by atomic mass is 79.9. The first-order valence-electron chi connectivity index (χ1n) is 5.47. The molecular formula is C10H11BrClNO5S2. The Balaban J connectivity index is 2.42. The van der Waals surface area contributed by atoms with Crippen LogP contribution in [0.25, 0.3) is 0 Å². The summed E-state index contributed by atoms with van der Waals surface area (Å²) in [6.45, 7) is 0. The normalized spacial score (nSPS) is 21.9. The lowest BCUT2D eigenvalue weighted by Crippen LogP contribution is -2.21. The summed E-state index contributed by atoms with van der Waals surface area (Å²) in [7, 11) is -7.18. The fraction of sp³-hybridized carbons (Fsp3) is 0.400. The van der Waals surface area contributed by atoms with E-state index in [9.17, 15) is 16.8 Å². The van der Waals surface area contributed by atoms with Gasteiger partial charge in [-0.1, -0.05) is 27.5 Å². The second-order valence-electron chi connectivity index (χ2n) is 4.40. The second kappa shape index (κ2) is 5.45. The van der Waals surface area contributed by atoms with Crippen LogP contribution in [0.4, 0.5) is 0 Å². The van der Waals surface area contributed by atoms with E-state index in [4.69, 9.17) is 21.5 Å². The third-order valence-electron chi connectivity index (χ3n) is 2.76. The van der Waals surface area contributed by atoms with Gasteiger partial charge in [-0.15, -0.1) is 0 Å². The molecule has 10 heteroatoms. The zero-order valence-corrected chi connectivity index (χ0v) is 14.0. The predicted octanol–water partition coefficient (Wildman–Crippen LogP) is 1.32. The van der Waals surface area contributed by atoms with Crippen molar-refractivity contribution in [2.45, 2.75) is 17.4 Å². The zero-order chi connectivity index (χ0) is 15.1. The molecule has 0 saturated carbocycles. The van der Waals surface area contributed by atoms with Crippen molar-refractivity contribution in [2.75, 3.05) is 11.5 Å². The van der Waals surface area contributed by atoms with Crippen LogP contribution in [0.2, 0.25) is 5.02 Å². The summed E-state index contributed by atoms with van der Waals surface area (Å²) < 4.78 is 51.8. The van der Waals surface area contributed by atoms with E-state index in [1.54, 1.807) is 0 Å². The maximum absolute atomic E-state index is 11.6. The summed E-state index contributed by atoms with van der Waals surface area (Å²) in [5, 5.41) is 5.17. The van der Waals surface area contributed by atoms with Gasteiger partial charge in [-0.3, -0.25) is 0 Å². The van der Waals surface area contributed by atoms with Gasteiger partial charge in [0, 0.05) is 4.47 Å². The average molecular weight is 405 g/mol. The summed E-state index contributed by atoms with van der Waals surface area (Å²) in [5.74, 6) is -0.264. The van der Waals surface area contributed by atoms with Gasteiger partial charge in [0.2, 0.25) is 10.0 Å². The van der Waals surface area contributed by atoms with Crippen LogP contribution in [-0.4, -0.2) is 34.4 Å². The number of rotatable bonds is 3. The van der Waals surface area contributed by atoms with Gasteiger partial charge in [-0.2, -0.15) is 0 Å². The van der Waals surface area contributed by atoms with Crippen molar-refractivity contribution < 1.29 is 21.6 Å². The Kier molecular flexibility index (Phi) is 4.37. The molecule has 1 aliphatic rings. The van der Waals surface area contributed by atoms with Crippen molar-refractivity contribution in [1.82, 2.24) is 0 Å². The van der Waals surface area contributed by atoms with Gasteiger partial charge in [-0.25, -0.2) is 22.0 Å². The van der Waals surface area contributed by atoms with Gasteiger partial charge >= 0.3 is 0 Å². The number of nitrogens with two attached hydrogens (primary N) is 1. The van der Waals surface area contributed by atoms with Crippen molar-refractivity contribution in [3.8, 4) is 5.75 Å². The molecule has 1 atom stereocenters. The molecular weight excluding hydrogens is 394 g/mol. The van der Waals surface area contributed by atoms with Crippen LogP contribution < -0.4 is 9.88 Å². The minimum Gasteiger partial charge on any atom is -0.486 e. The lowest BCUT2D eigenvalue weighted by molar-refractivity contribution is 0.223. The Labute approximate surface area is 130 Å². The average Bonchev–Trinajstić information content (AvgIpc) is 2.60. The summed E-state index contributed by atoms with van der Waals surface area (Å²) in [4.78, 5) is -0.277. The standard InChI is InChI=1S/C10H11BrClNO5S2/c11-6-3-8(12)10(9(4-6)20(13,16)17)18-7-1-2-19(14,15)5-7/h3-4,7H,1-2,5H2,(H2,13,16,17). The fourth-order valence-electron chi connectivity index (χ4n) is 1.88. The monoisotopic (exact) mass is 403 g/mol. The maximum atomic E-state index is 11.6. The summed E-state index contributed by atoms with van der Waals surface area (Å²) >= 11 is 9.08. The van der Waals surface area contributed by atoms with Crippen molar-refractivity contribution >= 4 is 47.4 Å². The molecule has 1 aromatic rings. The Morgan fingerprint density at radius 1 is 1.40 bits per heavy atom. The fourth-order valence-corrected chi connectivity index (χ4v) is 5.24. The number of hydrogen-bond acceptors (Lipinski definition) is 5. The molecule has 0 aromatic heterocycles. The smallest absolute Gasteiger partial charge is 0.241 e. The number of hydrogen-bond donors (Lipinski definition) is 1. The van der Waals surface area contributed by atoms with E-state index in [1.807, 2.05) is 0 Å². The molecule has 1 saturated heterocycles. The van der Waals surface area contributed by atoms with Crippen molar-refractivity contribution in [1.29, 1.82) is 0 Å². The maximum Gasteiger partial charge on any atom is 0.241 e. The first-order valence-corrected chi connectivity index (χ1v) is 10.0. The SMILES string of the molecule is NS(=O)(=O)c1cc(Br)cc(Cl)c1OC1CCS(=O)(=O)C1. The van der Waals surface area contributed by atoms with Gasteiger partial charge in [0.1, 0.15) is 11.0 Å². The summed E-state index contributed by atoms with van der Waals surface area (Å²) in [6, 6.07) is 2.72. The number of sulfone groups is 1. The van der Waals surface area contributed by atoms with Crippen molar-refractivity contribution in [2.24, 2.45) is 5.14 Å². The second-order valence-corrected chi connectivity index (χ2v) is 9.48. The molecule has 0 spiro atoms. The molecule has 0 aliphatic carbocycles. The van der Waals surface area contributed by atoms with Crippen LogP contribution >= 0.6 is 27.5 Å². The Morgan fingerprint density at radius 3 is 2.55 bits per heavy atom. The Morgan fingerprint density at radius 2 is 2.05 bits per heavy atom. The largest absolute Gasteiger partial charge is 0.486 e. The van der Waals surface area contributed by atoms with Crippen LogP contribution in [0.5, 0.6) is 5.75 Å². The number of sulfonamides is 1. The topological polar surface area (TPSA) is 104 Å². The number of halogens is 2. The van der Waals surface area contributed by atoms with Gasteiger partial charge in [0.05, 0.1) is 16.5 Å². The molecule has 1 aromatic carbocycles. The molecule has 112 valence electrons. The quantitative estimate of drug-likeness (QED) is 0.818. The van der Waals surface area contributed by atoms with Crippen LogP contribution in [0, 0.1) is 0 Å². The van der Waals surface area contributed by atoms with E-state index < -0.39 is 26.0 Å². The lowest BCUT2D eigenvalue weighted by Gasteiger charge is -2.16. The third-order valence-corrected chi connectivity index (χ3v) is 6.15. The van der Waals surface area contributed by atoms with Gasteiger partial charge in [-0.05, 0) is 18.6 Å². The number of primary sulfonamides is 1. The van der Waals surface area contributed by atoms with Crippen LogP contribution in [0.1, 0.15) is 6.42 Å². The molecule has 1 aliphatic heterocycles. The Bertz CT molecular complexity index is 747. The molecule has 1 fully saturated rings. The van der Waals surface area contributed by atoms with Gasteiger partial charge in [0.15, 0.2) is 15.6 Å². The minimum absolute atomic E-state index is 0.0104. The molecule has 2 rings (SSSR count). The van der Waals surface area contributed by atoms with Crippen molar-refractivity contribution in [3.63, 3.8) is 0 Å². The molecule has 0 amide bonds. The highest BCUT2D eigenvalue weighted by Gasteiger charge is 2.31. The van der Waals surface area contributed by atoms with E-state index in [2.05, 4.69) is 15.9 Å². The van der Waals surface area contributed by atoms with Crippen LogP contribution in [-0.2, 0) is 19.9 Å². The molecule has 2 N–H and O–H groups in total. The van der Waals surface area contributed by atoms with Crippen molar-refractivity contribution in [3.05, 3.63) is 21.6 Å². The van der Waals surface area contributed by atoms with E-state index in [-0.39, 0.29) is 27.2 Å². The number of benzene rings is 1. The first-order chi connectivity index (χ1) is 9.08. The first kappa shape index (κ1) is 16.0. The summed E-state index contributed by atoms with van der Waals surface area (Å²) in [5.41, 5.74) is 0. The van der Waals surface area contributed by atoms with E-state index >= 15 is 0 Å². The molecule has 1 unspecified atom stereocenters. The molecule has 1 heterocycles. The zero-order valence-electron chi connectivity index (χ0n) is 10.0. The van der Waals surface area contributed by atoms with E-state index in [0.29, 0.717) is 10.9 Å². The van der Waals surface area contributed by atoms with Crippen LogP contribution in [0.15, 0.2) is 21.5 Å². The minimum atomic E-state index is -4.04. The van der Waals surface area contributed by atoms with Gasteiger partial charge < -0.3 is 4.74 Å². The molecule has 0 radical (unpaired) electrons. The van der Waals surface area contributed by atoms with E-state index in [0.717, 1.165) is 0 Å². The third kappa shape index (κ3) is 3.64. The van der Waals surface area contributed by atoms with Crippen LogP contribution in [0.3, 0.4) is 0 Å².